The van der Waals surface area contributed by atoms with Crippen molar-refractivity contribution in [3.63, 3.8) is 0 Å². The SMILES string of the molecule is Nc1ccc(-c2cccc(C3CCC3)c2)nc1. The van der Waals surface area contributed by atoms with E-state index in [1.165, 1.54) is 30.4 Å². The minimum absolute atomic E-state index is 0.712. The molecule has 1 aromatic carbocycles. The Labute approximate surface area is 102 Å². The van der Waals surface area contributed by atoms with E-state index < -0.39 is 0 Å². The number of hydrogen-bond donors (Lipinski definition) is 1. The van der Waals surface area contributed by atoms with Gasteiger partial charge in [0.25, 0.3) is 0 Å². The minimum atomic E-state index is 0.712. The molecule has 17 heavy (non-hydrogen) atoms. The molecule has 1 saturated carbocycles. The van der Waals surface area contributed by atoms with Gasteiger partial charge in [-0.05, 0) is 42.5 Å². The van der Waals surface area contributed by atoms with Crippen molar-refractivity contribution in [2.45, 2.75) is 25.2 Å². The second kappa shape index (κ2) is 4.21. The number of rotatable bonds is 2. The molecule has 1 aliphatic rings. The van der Waals surface area contributed by atoms with Gasteiger partial charge in [0.1, 0.15) is 0 Å². The molecule has 2 N–H and O–H groups in total. The van der Waals surface area contributed by atoms with Crippen LogP contribution in [0.25, 0.3) is 11.3 Å². The quantitative estimate of drug-likeness (QED) is 0.846. The first-order valence-corrected chi connectivity index (χ1v) is 6.15. The third-order valence-corrected chi connectivity index (χ3v) is 3.55. The van der Waals surface area contributed by atoms with Crippen LogP contribution < -0.4 is 5.73 Å². The highest BCUT2D eigenvalue weighted by Crippen LogP contribution is 2.37. The Bertz CT molecular complexity index is 513. The lowest BCUT2D eigenvalue weighted by atomic mass is 9.79. The van der Waals surface area contributed by atoms with Gasteiger partial charge in [0, 0.05) is 5.56 Å². The predicted octanol–water partition coefficient (Wildman–Crippen LogP) is 3.60. The zero-order valence-electron chi connectivity index (χ0n) is 9.76. The Hall–Kier alpha value is -1.83. The highest BCUT2D eigenvalue weighted by molar-refractivity contribution is 5.61. The van der Waals surface area contributed by atoms with Crippen molar-refractivity contribution in [2.75, 3.05) is 5.73 Å². The maximum atomic E-state index is 5.65. The second-order valence-electron chi connectivity index (χ2n) is 4.73. The molecule has 0 unspecified atom stereocenters. The maximum absolute atomic E-state index is 5.65. The van der Waals surface area contributed by atoms with Gasteiger partial charge in [0.05, 0.1) is 17.6 Å². The summed E-state index contributed by atoms with van der Waals surface area (Å²) in [6, 6.07) is 12.6. The van der Waals surface area contributed by atoms with E-state index in [-0.39, 0.29) is 0 Å². The van der Waals surface area contributed by atoms with Gasteiger partial charge >= 0.3 is 0 Å². The van der Waals surface area contributed by atoms with Crippen molar-refractivity contribution >= 4 is 5.69 Å². The van der Waals surface area contributed by atoms with Crippen LogP contribution in [0.4, 0.5) is 5.69 Å². The molecule has 0 aliphatic heterocycles. The Kier molecular flexibility index (Phi) is 2.56. The van der Waals surface area contributed by atoms with Crippen LogP contribution in [0.5, 0.6) is 0 Å². The van der Waals surface area contributed by atoms with Crippen molar-refractivity contribution < 1.29 is 0 Å². The van der Waals surface area contributed by atoms with Gasteiger partial charge in [0.2, 0.25) is 0 Å². The molecule has 2 aromatic rings. The zero-order valence-corrected chi connectivity index (χ0v) is 9.76. The first-order chi connectivity index (χ1) is 8.33. The molecule has 86 valence electrons. The van der Waals surface area contributed by atoms with E-state index >= 15 is 0 Å². The number of nitrogens with two attached hydrogens (primary N) is 1. The fraction of sp³-hybridized carbons (Fsp3) is 0.267. The fourth-order valence-corrected chi connectivity index (χ4v) is 2.27. The first-order valence-electron chi connectivity index (χ1n) is 6.15. The van der Waals surface area contributed by atoms with Crippen LogP contribution >= 0.6 is 0 Å². The second-order valence-corrected chi connectivity index (χ2v) is 4.73. The van der Waals surface area contributed by atoms with Crippen molar-refractivity contribution in [3.8, 4) is 11.3 Å². The predicted molar refractivity (Wildman–Crippen MR) is 70.7 cm³/mol. The van der Waals surface area contributed by atoms with Gasteiger partial charge in [-0.25, -0.2) is 0 Å². The van der Waals surface area contributed by atoms with E-state index in [1.807, 2.05) is 12.1 Å². The smallest absolute Gasteiger partial charge is 0.0703 e. The number of benzene rings is 1. The molecule has 0 atom stereocenters. The van der Waals surface area contributed by atoms with E-state index in [4.69, 9.17) is 5.73 Å². The normalized spacial score (nSPS) is 15.5. The largest absolute Gasteiger partial charge is 0.397 e. The van der Waals surface area contributed by atoms with Gasteiger partial charge in [-0.1, -0.05) is 24.6 Å². The lowest BCUT2D eigenvalue weighted by Gasteiger charge is -2.26. The molecule has 0 bridgehead atoms. The summed E-state index contributed by atoms with van der Waals surface area (Å²) in [7, 11) is 0. The van der Waals surface area contributed by atoms with Crippen LogP contribution in [-0.4, -0.2) is 4.98 Å². The molecule has 3 rings (SSSR count). The number of aromatic nitrogens is 1. The van der Waals surface area contributed by atoms with E-state index in [1.54, 1.807) is 6.20 Å². The summed E-state index contributed by atoms with van der Waals surface area (Å²) in [5.74, 6) is 0.767. The minimum Gasteiger partial charge on any atom is -0.397 e. The average molecular weight is 224 g/mol. The highest BCUT2D eigenvalue weighted by atomic mass is 14.7. The van der Waals surface area contributed by atoms with E-state index in [0.29, 0.717) is 5.69 Å². The van der Waals surface area contributed by atoms with Crippen molar-refractivity contribution in [2.24, 2.45) is 0 Å². The van der Waals surface area contributed by atoms with Gasteiger partial charge in [-0.2, -0.15) is 0 Å². The van der Waals surface area contributed by atoms with E-state index in [2.05, 4.69) is 29.2 Å². The molecule has 0 radical (unpaired) electrons. The first kappa shape index (κ1) is 10.3. The molecule has 1 aliphatic carbocycles. The monoisotopic (exact) mass is 224 g/mol. The number of nitrogen functional groups attached to an aromatic ring is 1. The third-order valence-electron chi connectivity index (χ3n) is 3.55. The number of nitrogens with zero attached hydrogens (tertiary/aromatic N) is 1. The summed E-state index contributed by atoms with van der Waals surface area (Å²) in [6.07, 6.45) is 5.75. The molecule has 2 heteroatoms. The zero-order chi connectivity index (χ0) is 11.7. The number of hydrogen-bond acceptors (Lipinski definition) is 2. The van der Waals surface area contributed by atoms with Crippen molar-refractivity contribution in [3.05, 3.63) is 48.2 Å². The molecule has 0 spiro atoms. The molecule has 0 amide bonds. The van der Waals surface area contributed by atoms with Crippen molar-refractivity contribution in [1.29, 1.82) is 0 Å². The standard InChI is InChI=1S/C15H16N2/c16-14-7-8-15(17-10-14)13-6-2-5-12(9-13)11-3-1-4-11/h2,5-11H,1,3-4,16H2. The number of pyridine rings is 1. The van der Waals surface area contributed by atoms with E-state index in [0.717, 1.165) is 11.6 Å². The van der Waals surface area contributed by atoms with Crippen LogP contribution in [0, 0.1) is 0 Å². The number of anilines is 1. The Morgan fingerprint density at radius 3 is 2.65 bits per heavy atom. The molecular weight excluding hydrogens is 208 g/mol. The summed E-state index contributed by atoms with van der Waals surface area (Å²) < 4.78 is 0. The topological polar surface area (TPSA) is 38.9 Å². The van der Waals surface area contributed by atoms with Gasteiger partial charge < -0.3 is 5.73 Å². The molecule has 1 aromatic heterocycles. The van der Waals surface area contributed by atoms with Crippen LogP contribution in [0.3, 0.4) is 0 Å². The van der Waals surface area contributed by atoms with Crippen LogP contribution in [0.15, 0.2) is 42.6 Å². The Morgan fingerprint density at radius 2 is 2.00 bits per heavy atom. The summed E-state index contributed by atoms with van der Waals surface area (Å²) in [5, 5.41) is 0. The van der Waals surface area contributed by atoms with Crippen molar-refractivity contribution in [1.82, 2.24) is 4.98 Å². The Morgan fingerprint density at radius 1 is 1.12 bits per heavy atom. The van der Waals surface area contributed by atoms with Crippen LogP contribution in [0.2, 0.25) is 0 Å². The summed E-state index contributed by atoms with van der Waals surface area (Å²) in [6.45, 7) is 0. The fourth-order valence-electron chi connectivity index (χ4n) is 2.27. The average Bonchev–Trinajstić information content (AvgIpc) is 2.28. The van der Waals surface area contributed by atoms with Gasteiger partial charge in [0.15, 0.2) is 0 Å². The lowest BCUT2D eigenvalue weighted by Crippen LogP contribution is -2.08. The van der Waals surface area contributed by atoms with Crippen LogP contribution in [-0.2, 0) is 0 Å². The Balaban J connectivity index is 1.94. The third kappa shape index (κ3) is 2.03. The molecule has 2 nitrogen and oxygen atoms in total. The summed E-state index contributed by atoms with van der Waals surface area (Å²) in [4.78, 5) is 4.37. The summed E-state index contributed by atoms with van der Waals surface area (Å²) >= 11 is 0. The van der Waals surface area contributed by atoms with Crippen LogP contribution in [0.1, 0.15) is 30.7 Å². The molecule has 0 saturated heterocycles. The molecule has 1 heterocycles. The maximum Gasteiger partial charge on any atom is 0.0703 e. The van der Waals surface area contributed by atoms with Gasteiger partial charge in [-0.3, -0.25) is 4.98 Å². The van der Waals surface area contributed by atoms with E-state index in [9.17, 15) is 0 Å². The summed E-state index contributed by atoms with van der Waals surface area (Å²) in [5.41, 5.74) is 10.0. The highest BCUT2D eigenvalue weighted by Gasteiger charge is 2.19. The van der Waals surface area contributed by atoms with Gasteiger partial charge in [-0.15, -0.1) is 0 Å². The lowest BCUT2D eigenvalue weighted by molar-refractivity contribution is 0.420. The molecular formula is C15H16N2. The molecule has 1 fully saturated rings.